The number of benzene rings is 1. The molecule has 19 heavy (non-hydrogen) atoms. The maximum absolute atomic E-state index is 10.5. The molecule has 0 saturated heterocycles. The molecule has 0 bridgehead atoms. The highest BCUT2D eigenvalue weighted by atomic mass is 16.7. The molecule has 0 fully saturated rings. The maximum Gasteiger partial charge on any atom is 0.303 e. The topological polar surface area (TPSA) is 84.4 Å². The van der Waals surface area contributed by atoms with Gasteiger partial charge in [0.2, 0.25) is 6.79 Å². The van der Waals surface area contributed by atoms with Gasteiger partial charge in [-0.2, -0.15) is 0 Å². The van der Waals surface area contributed by atoms with E-state index in [1.165, 1.54) is 0 Å². The molecule has 0 amide bonds. The molecular formula is C13H12N2O4. The van der Waals surface area contributed by atoms with E-state index >= 15 is 0 Å². The summed E-state index contributed by atoms with van der Waals surface area (Å²) in [7, 11) is 0. The highest BCUT2D eigenvalue weighted by molar-refractivity contribution is 5.67. The number of aromatic nitrogens is 2. The summed E-state index contributed by atoms with van der Waals surface area (Å²) < 4.78 is 10.5. The van der Waals surface area contributed by atoms with Crippen LogP contribution in [0.4, 0.5) is 0 Å². The van der Waals surface area contributed by atoms with Crippen molar-refractivity contribution >= 4 is 5.97 Å². The Balaban J connectivity index is 1.80. The van der Waals surface area contributed by atoms with Crippen LogP contribution in [-0.4, -0.2) is 27.8 Å². The summed E-state index contributed by atoms with van der Waals surface area (Å²) in [4.78, 5) is 17.9. The first-order valence-electron chi connectivity index (χ1n) is 5.88. The Morgan fingerprint density at radius 1 is 1.37 bits per heavy atom. The van der Waals surface area contributed by atoms with Crippen LogP contribution in [0.25, 0.3) is 11.4 Å². The number of carboxylic acid groups (broad SMARTS) is 1. The molecule has 2 heterocycles. The van der Waals surface area contributed by atoms with Crippen molar-refractivity contribution < 1.29 is 19.4 Å². The number of ether oxygens (including phenoxy) is 2. The second-order valence-electron chi connectivity index (χ2n) is 4.22. The van der Waals surface area contributed by atoms with Crippen LogP contribution in [0.5, 0.6) is 11.5 Å². The Labute approximate surface area is 109 Å². The van der Waals surface area contributed by atoms with Crippen molar-refractivity contribution in [2.24, 2.45) is 0 Å². The Kier molecular flexibility index (Phi) is 2.83. The fourth-order valence-corrected chi connectivity index (χ4v) is 1.92. The number of aromatic amines is 1. The van der Waals surface area contributed by atoms with Crippen LogP contribution in [0.2, 0.25) is 0 Å². The Morgan fingerprint density at radius 2 is 2.21 bits per heavy atom. The minimum Gasteiger partial charge on any atom is -0.481 e. The van der Waals surface area contributed by atoms with E-state index < -0.39 is 5.97 Å². The number of fused-ring (bicyclic) bond motifs is 1. The van der Waals surface area contributed by atoms with Crippen LogP contribution < -0.4 is 9.47 Å². The van der Waals surface area contributed by atoms with Gasteiger partial charge in [0.15, 0.2) is 11.5 Å². The third-order valence-electron chi connectivity index (χ3n) is 2.88. The lowest BCUT2D eigenvalue weighted by Crippen LogP contribution is -1.97. The van der Waals surface area contributed by atoms with E-state index in [-0.39, 0.29) is 13.2 Å². The summed E-state index contributed by atoms with van der Waals surface area (Å²) in [5.41, 5.74) is 1.68. The first-order valence-corrected chi connectivity index (χ1v) is 5.88. The lowest BCUT2D eigenvalue weighted by atomic mass is 10.2. The van der Waals surface area contributed by atoms with Crippen molar-refractivity contribution in [3.63, 3.8) is 0 Å². The Morgan fingerprint density at radius 3 is 3.05 bits per heavy atom. The predicted octanol–water partition coefficient (Wildman–Crippen LogP) is 1.82. The maximum atomic E-state index is 10.5. The number of carboxylic acids is 1. The van der Waals surface area contributed by atoms with E-state index in [4.69, 9.17) is 14.6 Å². The van der Waals surface area contributed by atoms with Crippen molar-refractivity contribution in [3.05, 3.63) is 30.1 Å². The molecule has 3 rings (SSSR count). The molecule has 1 aliphatic heterocycles. The number of aliphatic carboxylic acids is 1. The molecule has 6 nitrogen and oxygen atoms in total. The van der Waals surface area contributed by atoms with Gasteiger partial charge in [0, 0.05) is 17.5 Å². The van der Waals surface area contributed by atoms with Crippen molar-refractivity contribution in [1.29, 1.82) is 0 Å². The fraction of sp³-hybridized carbons (Fsp3) is 0.231. The summed E-state index contributed by atoms with van der Waals surface area (Å²) >= 11 is 0. The molecule has 6 heteroatoms. The summed E-state index contributed by atoms with van der Waals surface area (Å²) in [6.07, 6.45) is 2.18. The zero-order valence-electron chi connectivity index (χ0n) is 10.0. The van der Waals surface area contributed by atoms with Crippen molar-refractivity contribution in [3.8, 4) is 22.9 Å². The van der Waals surface area contributed by atoms with Gasteiger partial charge in [-0.1, -0.05) is 0 Å². The van der Waals surface area contributed by atoms with Gasteiger partial charge >= 0.3 is 5.97 Å². The fourth-order valence-electron chi connectivity index (χ4n) is 1.92. The van der Waals surface area contributed by atoms with Gasteiger partial charge < -0.3 is 19.6 Å². The molecule has 0 atom stereocenters. The highest BCUT2D eigenvalue weighted by Crippen LogP contribution is 2.35. The number of carbonyl (C=O) groups is 1. The minimum absolute atomic E-state index is 0.0861. The second-order valence-corrected chi connectivity index (χ2v) is 4.22. The SMILES string of the molecule is O=C(O)CCc1cnc(-c2ccc3c(c2)OCO3)[nH]1. The molecule has 1 aromatic heterocycles. The molecule has 0 unspecified atom stereocenters. The third-order valence-corrected chi connectivity index (χ3v) is 2.88. The quantitative estimate of drug-likeness (QED) is 0.876. The largest absolute Gasteiger partial charge is 0.481 e. The number of nitrogens with zero attached hydrogens (tertiary/aromatic N) is 1. The molecule has 0 aliphatic carbocycles. The molecule has 0 saturated carbocycles. The van der Waals surface area contributed by atoms with E-state index in [0.717, 1.165) is 17.0 Å². The molecule has 2 N–H and O–H groups in total. The monoisotopic (exact) mass is 260 g/mol. The van der Waals surface area contributed by atoms with Crippen LogP contribution >= 0.6 is 0 Å². The van der Waals surface area contributed by atoms with Crippen LogP contribution in [0.3, 0.4) is 0 Å². The van der Waals surface area contributed by atoms with E-state index in [1.54, 1.807) is 6.20 Å². The lowest BCUT2D eigenvalue weighted by Gasteiger charge is -1.99. The Bertz CT molecular complexity index is 621. The van der Waals surface area contributed by atoms with Gasteiger partial charge in [0.25, 0.3) is 0 Å². The highest BCUT2D eigenvalue weighted by Gasteiger charge is 2.15. The van der Waals surface area contributed by atoms with Crippen LogP contribution in [-0.2, 0) is 11.2 Å². The zero-order valence-corrected chi connectivity index (χ0v) is 10.0. The number of hydrogen-bond acceptors (Lipinski definition) is 4. The summed E-state index contributed by atoms with van der Waals surface area (Å²) in [5, 5.41) is 8.64. The standard InChI is InChI=1S/C13H12N2O4/c16-12(17)4-2-9-6-14-13(15-9)8-1-3-10-11(5-8)19-7-18-10/h1,3,5-6H,2,4,7H2,(H,14,15)(H,16,17). The molecule has 0 spiro atoms. The van der Waals surface area contributed by atoms with Crippen LogP contribution in [0.15, 0.2) is 24.4 Å². The van der Waals surface area contributed by atoms with Gasteiger partial charge in [-0.05, 0) is 24.6 Å². The average Bonchev–Trinajstić information content (AvgIpc) is 3.04. The number of H-pyrrole nitrogens is 1. The van der Waals surface area contributed by atoms with E-state index in [1.807, 2.05) is 18.2 Å². The smallest absolute Gasteiger partial charge is 0.303 e. The molecular weight excluding hydrogens is 248 g/mol. The molecule has 0 radical (unpaired) electrons. The summed E-state index contributed by atoms with van der Waals surface area (Å²) in [6.45, 7) is 0.237. The first-order chi connectivity index (χ1) is 9.22. The molecule has 1 aliphatic rings. The Hall–Kier alpha value is -2.50. The van der Waals surface area contributed by atoms with Gasteiger partial charge in [-0.3, -0.25) is 4.79 Å². The first kappa shape index (κ1) is 11.6. The molecule has 98 valence electrons. The molecule has 1 aromatic carbocycles. The third kappa shape index (κ3) is 2.37. The summed E-state index contributed by atoms with van der Waals surface area (Å²) in [6, 6.07) is 5.56. The number of imidazole rings is 1. The number of aryl methyl sites for hydroxylation is 1. The van der Waals surface area contributed by atoms with Crippen molar-refractivity contribution in [2.45, 2.75) is 12.8 Å². The zero-order chi connectivity index (χ0) is 13.2. The van der Waals surface area contributed by atoms with Crippen LogP contribution in [0, 0.1) is 0 Å². The van der Waals surface area contributed by atoms with Crippen molar-refractivity contribution in [2.75, 3.05) is 6.79 Å². The molecule has 2 aromatic rings. The second kappa shape index (κ2) is 4.64. The normalized spacial score (nSPS) is 12.6. The van der Waals surface area contributed by atoms with Crippen molar-refractivity contribution in [1.82, 2.24) is 9.97 Å². The van der Waals surface area contributed by atoms with Gasteiger partial charge in [-0.15, -0.1) is 0 Å². The number of hydrogen-bond donors (Lipinski definition) is 2. The van der Waals surface area contributed by atoms with Gasteiger partial charge in [0.1, 0.15) is 5.82 Å². The summed E-state index contributed by atoms with van der Waals surface area (Å²) in [5.74, 6) is 1.29. The number of rotatable bonds is 4. The lowest BCUT2D eigenvalue weighted by molar-refractivity contribution is -0.136. The van der Waals surface area contributed by atoms with E-state index in [0.29, 0.717) is 18.0 Å². The number of nitrogens with one attached hydrogen (secondary N) is 1. The van der Waals surface area contributed by atoms with E-state index in [2.05, 4.69) is 9.97 Å². The minimum atomic E-state index is -0.820. The van der Waals surface area contributed by atoms with Gasteiger partial charge in [0.05, 0.1) is 6.42 Å². The van der Waals surface area contributed by atoms with E-state index in [9.17, 15) is 4.79 Å². The van der Waals surface area contributed by atoms with Crippen LogP contribution in [0.1, 0.15) is 12.1 Å². The van der Waals surface area contributed by atoms with Gasteiger partial charge in [-0.25, -0.2) is 4.98 Å². The average molecular weight is 260 g/mol. The predicted molar refractivity (Wildman–Crippen MR) is 66.1 cm³/mol.